The first-order chi connectivity index (χ1) is 11.6. The Hall–Kier alpha value is -1.12. The van der Waals surface area contributed by atoms with Crippen molar-refractivity contribution in [1.82, 2.24) is 0 Å². The molecule has 1 aliphatic rings. The number of aliphatic hydroxyl groups is 2. The Morgan fingerprint density at radius 2 is 2.00 bits per heavy atom. The topological polar surface area (TPSA) is 85.2 Å². The van der Waals surface area contributed by atoms with Crippen molar-refractivity contribution in [2.24, 2.45) is 0 Å². The number of aliphatic hydroxyl groups excluding tert-OH is 2. The van der Waals surface area contributed by atoms with Crippen LogP contribution in [-0.4, -0.2) is 58.4 Å². The Labute approximate surface area is 146 Å². The average molecular weight is 356 g/mol. The summed E-state index contributed by atoms with van der Waals surface area (Å²) in [7, 11) is 0. The molecule has 0 aromatic heterocycles. The van der Waals surface area contributed by atoms with Gasteiger partial charge in [-0.2, -0.15) is 0 Å². The molecule has 1 fully saturated rings. The normalized spacial score (nSPS) is 30.1. The van der Waals surface area contributed by atoms with Gasteiger partial charge in [-0.25, -0.2) is 0 Å². The van der Waals surface area contributed by atoms with E-state index in [0.29, 0.717) is 0 Å². The van der Waals surface area contributed by atoms with Crippen LogP contribution < -0.4 is 0 Å². The van der Waals surface area contributed by atoms with Gasteiger partial charge in [-0.15, -0.1) is 11.8 Å². The van der Waals surface area contributed by atoms with Crippen molar-refractivity contribution in [1.29, 1.82) is 0 Å². The Bertz CT molecular complexity index is 511. The van der Waals surface area contributed by atoms with Crippen molar-refractivity contribution >= 4 is 17.7 Å². The van der Waals surface area contributed by atoms with Crippen LogP contribution in [0.5, 0.6) is 0 Å². The number of hydrogen-bond acceptors (Lipinski definition) is 7. The van der Waals surface area contributed by atoms with Crippen LogP contribution in [0.3, 0.4) is 0 Å². The fourth-order valence-electron chi connectivity index (χ4n) is 2.63. The lowest BCUT2D eigenvalue weighted by atomic mass is 9.99. The van der Waals surface area contributed by atoms with E-state index in [0.717, 1.165) is 11.3 Å². The van der Waals surface area contributed by atoms with Crippen molar-refractivity contribution in [3.8, 4) is 0 Å². The van der Waals surface area contributed by atoms with Crippen LogP contribution >= 0.6 is 11.8 Å². The predicted molar refractivity (Wildman–Crippen MR) is 90.5 cm³/mol. The van der Waals surface area contributed by atoms with Gasteiger partial charge in [-0.1, -0.05) is 37.3 Å². The van der Waals surface area contributed by atoms with Crippen LogP contribution in [0.25, 0.3) is 0 Å². The van der Waals surface area contributed by atoms with Crippen LogP contribution in [0, 0.1) is 0 Å². The molecular formula is C17H24O6S. The van der Waals surface area contributed by atoms with Crippen molar-refractivity contribution in [3.05, 3.63) is 35.9 Å². The summed E-state index contributed by atoms with van der Waals surface area (Å²) in [6.07, 6.45) is -3.38. The highest BCUT2D eigenvalue weighted by atomic mass is 32.2. The zero-order valence-corrected chi connectivity index (χ0v) is 14.6. The Balaban J connectivity index is 2.10. The van der Waals surface area contributed by atoms with Crippen LogP contribution in [0.1, 0.15) is 19.4 Å². The lowest BCUT2D eigenvalue weighted by molar-refractivity contribution is -0.232. The maximum Gasteiger partial charge on any atom is 0.303 e. The van der Waals surface area contributed by atoms with Gasteiger partial charge in [0.15, 0.2) is 6.10 Å². The highest BCUT2D eigenvalue weighted by molar-refractivity contribution is 7.99. The summed E-state index contributed by atoms with van der Waals surface area (Å²) in [5.41, 5.74) is 0.401. The second-order valence-electron chi connectivity index (χ2n) is 5.51. The minimum atomic E-state index is -1.08. The largest absolute Gasteiger partial charge is 0.456 e. The van der Waals surface area contributed by atoms with E-state index in [2.05, 4.69) is 0 Å². The molecule has 1 heterocycles. The highest BCUT2D eigenvalue weighted by Gasteiger charge is 2.47. The van der Waals surface area contributed by atoms with Crippen LogP contribution in [-0.2, 0) is 25.6 Å². The third-order valence-corrected chi connectivity index (χ3v) is 4.76. The van der Waals surface area contributed by atoms with Crippen LogP contribution in [0.15, 0.2) is 30.3 Å². The monoisotopic (exact) mass is 356 g/mol. The second-order valence-corrected chi connectivity index (χ2v) is 6.88. The zero-order chi connectivity index (χ0) is 17.5. The molecule has 7 heteroatoms. The number of esters is 1. The summed E-state index contributed by atoms with van der Waals surface area (Å²) < 4.78 is 16.8. The molecule has 134 valence electrons. The molecular weight excluding hydrogens is 332 g/mol. The molecule has 0 aliphatic carbocycles. The van der Waals surface area contributed by atoms with Crippen molar-refractivity contribution < 1.29 is 29.2 Å². The lowest BCUT2D eigenvalue weighted by Crippen LogP contribution is -2.59. The molecule has 2 rings (SSSR count). The van der Waals surface area contributed by atoms with E-state index in [1.165, 1.54) is 18.7 Å². The number of carbonyl (C=O) groups is 1. The van der Waals surface area contributed by atoms with E-state index >= 15 is 0 Å². The van der Waals surface area contributed by atoms with E-state index < -0.39 is 35.8 Å². The minimum absolute atomic E-state index is 0.265. The molecule has 6 nitrogen and oxygen atoms in total. The van der Waals surface area contributed by atoms with Gasteiger partial charge < -0.3 is 24.4 Å². The molecule has 1 aromatic rings. The molecule has 0 amide bonds. The van der Waals surface area contributed by atoms with Gasteiger partial charge in [0, 0.05) is 6.92 Å². The van der Waals surface area contributed by atoms with Crippen molar-refractivity contribution in [3.63, 3.8) is 0 Å². The van der Waals surface area contributed by atoms with Crippen molar-refractivity contribution in [2.75, 3.05) is 12.4 Å². The number of hydrogen-bond donors (Lipinski definition) is 2. The molecule has 2 N–H and O–H groups in total. The van der Waals surface area contributed by atoms with Gasteiger partial charge in [-0.3, -0.25) is 4.79 Å². The predicted octanol–water partition coefficient (Wildman–Crippen LogP) is 1.33. The Morgan fingerprint density at radius 3 is 2.58 bits per heavy atom. The summed E-state index contributed by atoms with van der Waals surface area (Å²) >= 11 is 1.42. The molecule has 1 aliphatic heterocycles. The third kappa shape index (κ3) is 4.94. The Kier molecular flexibility index (Phi) is 7.51. The van der Waals surface area contributed by atoms with Crippen molar-refractivity contribution in [2.45, 2.75) is 50.3 Å². The summed E-state index contributed by atoms with van der Waals surface area (Å²) in [5, 5.41) is 20.2. The van der Waals surface area contributed by atoms with E-state index in [1.54, 1.807) is 0 Å². The number of rotatable bonds is 7. The molecule has 0 bridgehead atoms. The maximum atomic E-state index is 11.4. The van der Waals surface area contributed by atoms with Gasteiger partial charge in [-0.05, 0) is 11.3 Å². The van der Waals surface area contributed by atoms with Gasteiger partial charge >= 0.3 is 5.97 Å². The summed E-state index contributed by atoms with van der Waals surface area (Å²) in [6, 6.07) is 9.51. The number of ether oxygens (including phenoxy) is 3. The average Bonchev–Trinajstić information content (AvgIpc) is 2.57. The van der Waals surface area contributed by atoms with Crippen LogP contribution in [0.4, 0.5) is 0 Å². The van der Waals surface area contributed by atoms with E-state index in [-0.39, 0.29) is 13.2 Å². The first kappa shape index (κ1) is 19.2. The molecule has 5 atom stereocenters. The molecule has 24 heavy (non-hydrogen) atoms. The minimum Gasteiger partial charge on any atom is -0.456 e. The van der Waals surface area contributed by atoms with E-state index in [4.69, 9.17) is 14.2 Å². The van der Waals surface area contributed by atoms with E-state index in [1.807, 2.05) is 37.3 Å². The zero-order valence-electron chi connectivity index (χ0n) is 13.8. The highest BCUT2D eigenvalue weighted by Crippen LogP contribution is 2.32. The van der Waals surface area contributed by atoms with Gasteiger partial charge in [0.25, 0.3) is 0 Å². The second kappa shape index (κ2) is 9.39. The maximum absolute atomic E-state index is 11.4. The molecule has 1 saturated heterocycles. The molecule has 1 aromatic carbocycles. The van der Waals surface area contributed by atoms with Gasteiger partial charge in [0.1, 0.15) is 23.7 Å². The summed E-state index contributed by atoms with van der Waals surface area (Å²) in [4.78, 5) is 11.4. The number of thioether (sulfide) groups is 1. The van der Waals surface area contributed by atoms with Gasteiger partial charge in [0.05, 0.1) is 13.2 Å². The smallest absolute Gasteiger partial charge is 0.303 e. The fraction of sp³-hybridized carbons (Fsp3) is 0.588. The Morgan fingerprint density at radius 1 is 1.29 bits per heavy atom. The number of benzene rings is 1. The molecule has 0 spiro atoms. The number of carbonyl (C=O) groups excluding carboxylic acids is 1. The first-order valence-electron chi connectivity index (χ1n) is 7.95. The van der Waals surface area contributed by atoms with Gasteiger partial charge in [0.2, 0.25) is 0 Å². The quantitative estimate of drug-likeness (QED) is 0.713. The first-order valence-corrected chi connectivity index (χ1v) is 9.00. The summed E-state index contributed by atoms with van der Waals surface area (Å²) in [5.74, 6) is 0.233. The lowest BCUT2D eigenvalue weighted by Gasteiger charge is -2.43. The summed E-state index contributed by atoms with van der Waals surface area (Å²) in [6.45, 7) is 3.21. The SMILES string of the molecule is CCS[C@H]1O[C@H](CO)[C@@H](OCc2ccccc2)[C@H](O)[C@@H]1OC(C)=O. The van der Waals surface area contributed by atoms with Crippen LogP contribution in [0.2, 0.25) is 0 Å². The molecule has 0 saturated carbocycles. The standard InChI is InChI=1S/C17H24O6S/c1-3-24-17-16(22-11(2)19)14(20)15(13(9-18)23-17)21-10-12-7-5-4-6-8-12/h4-8,13-18,20H,3,9-10H2,1-2H3/t13-,14+,15-,16+,17-/m1/s1. The molecule has 0 radical (unpaired) electrons. The fourth-order valence-corrected chi connectivity index (χ4v) is 3.59. The molecule has 0 unspecified atom stereocenters. The third-order valence-electron chi connectivity index (χ3n) is 3.71. The van der Waals surface area contributed by atoms with E-state index in [9.17, 15) is 15.0 Å².